The number of anilines is 1. The molecule has 0 aliphatic carbocycles. The standard InChI is InChI=1S/C12H12Br2N2O/c1-9-4-3-5-10(6-9)16(2)15-7-11(13)12(14)8-17/h3-8H,1-2H3/b12-11-,15-7-. The average molecular weight is 360 g/mol. The molecule has 0 amide bonds. The summed E-state index contributed by atoms with van der Waals surface area (Å²) in [7, 11) is 1.85. The number of hydrogen-bond acceptors (Lipinski definition) is 3. The van der Waals surface area contributed by atoms with E-state index in [1.807, 2.05) is 38.2 Å². The Morgan fingerprint density at radius 2 is 2.06 bits per heavy atom. The molecular weight excluding hydrogens is 348 g/mol. The summed E-state index contributed by atoms with van der Waals surface area (Å²) in [6.45, 7) is 2.03. The van der Waals surface area contributed by atoms with Gasteiger partial charge in [0.1, 0.15) is 0 Å². The van der Waals surface area contributed by atoms with Gasteiger partial charge in [-0.3, -0.25) is 9.80 Å². The molecule has 3 nitrogen and oxygen atoms in total. The quantitative estimate of drug-likeness (QED) is 0.356. The molecule has 5 heteroatoms. The molecule has 0 atom stereocenters. The first-order valence-corrected chi connectivity index (χ1v) is 6.48. The Morgan fingerprint density at radius 3 is 2.65 bits per heavy atom. The number of aldehydes is 1. The van der Waals surface area contributed by atoms with Crippen molar-refractivity contribution in [2.24, 2.45) is 5.10 Å². The highest BCUT2D eigenvalue weighted by Crippen LogP contribution is 2.16. The lowest BCUT2D eigenvalue weighted by Crippen LogP contribution is -2.08. The normalized spacial score (nSPS) is 12.5. The van der Waals surface area contributed by atoms with Crippen molar-refractivity contribution in [3.05, 3.63) is 38.8 Å². The van der Waals surface area contributed by atoms with Crippen molar-refractivity contribution >= 4 is 50.0 Å². The van der Waals surface area contributed by atoms with E-state index in [4.69, 9.17) is 0 Å². The highest BCUT2D eigenvalue weighted by molar-refractivity contribution is 9.14. The Bertz CT molecular complexity index is 469. The van der Waals surface area contributed by atoms with Gasteiger partial charge in [-0.1, -0.05) is 12.1 Å². The van der Waals surface area contributed by atoms with Gasteiger partial charge >= 0.3 is 0 Å². The summed E-state index contributed by atoms with van der Waals surface area (Å²) in [5, 5.41) is 5.95. The van der Waals surface area contributed by atoms with E-state index in [2.05, 4.69) is 37.0 Å². The van der Waals surface area contributed by atoms with Gasteiger partial charge in [0.2, 0.25) is 0 Å². The van der Waals surface area contributed by atoms with Gasteiger partial charge in [-0.2, -0.15) is 5.10 Å². The van der Waals surface area contributed by atoms with Crippen molar-refractivity contribution in [1.82, 2.24) is 0 Å². The molecule has 1 aromatic carbocycles. The Kier molecular flexibility index (Phi) is 5.58. The Balaban J connectivity index is 2.83. The van der Waals surface area contributed by atoms with Gasteiger partial charge in [0, 0.05) is 7.05 Å². The van der Waals surface area contributed by atoms with E-state index in [1.165, 1.54) is 5.56 Å². The molecule has 0 fully saturated rings. The van der Waals surface area contributed by atoms with E-state index >= 15 is 0 Å². The maximum absolute atomic E-state index is 10.5. The highest BCUT2D eigenvalue weighted by atomic mass is 79.9. The summed E-state index contributed by atoms with van der Waals surface area (Å²) >= 11 is 6.36. The molecule has 1 rings (SSSR count). The van der Waals surface area contributed by atoms with Crippen molar-refractivity contribution < 1.29 is 4.79 Å². The Labute approximate surface area is 117 Å². The van der Waals surface area contributed by atoms with Crippen molar-refractivity contribution in [2.75, 3.05) is 12.1 Å². The number of aryl methyl sites for hydroxylation is 1. The second kappa shape index (κ2) is 6.71. The second-order valence-corrected chi connectivity index (χ2v) is 5.13. The minimum Gasteiger partial charge on any atom is -0.297 e. The van der Waals surface area contributed by atoms with Crippen LogP contribution in [0.25, 0.3) is 0 Å². The van der Waals surface area contributed by atoms with Crippen molar-refractivity contribution in [3.8, 4) is 0 Å². The van der Waals surface area contributed by atoms with Crippen LogP contribution in [0.3, 0.4) is 0 Å². The third-order valence-corrected chi connectivity index (χ3v) is 3.83. The Morgan fingerprint density at radius 1 is 1.35 bits per heavy atom. The fourth-order valence-electron chi connectivity index (χ4n) is 1.15. The van der Waals surface area contributed by atoms with Crippen LogP contribution in [0, 0.1) is 6.92 Å². The molecule has 0 heterocycles. The smallest absolute Gasteiger partial charge is 0.158 e. The van der Waals surface area contributed by atoms with Crippen LogP contribution in [0.5, 0.6) is 0 Å². The van der Waals surface area contributed by atoms with Crippen LogP contribution in [0.2, 0.25) is 0 Å². The molecule has 0 aliphatic rings. The molecule has 0 bridgehead atoms. The SMILES string of the molecule is Cc1cccc(N(C)/N=C\C(Br)=C(\Br)C=O)c1. The first-order chi connectivity index (χ1) is 8.04. The summed E-state index contributed by atoms with van der Waals surface area (Å²) in [6, 6.07) is 8.00. The van der Waals surface area contributed by atoms with Gasteiger partial charge in [-0.15, -0.1) is 0 Å². The van der Waals surface area contributed by atoms with Crippen LogP contribution < -0.4 is 5.01 Å². The van der Waals surface area contributed by atoms with Crippen LogP contribution in [-0.2, 0) is 4.79 Å². The van der Waals surface area contributed by atoms with E-state index in [0.29, 0.717) is 15.3 Å². The van der Waals surface area contributed by atoms with E-state index in [0.717, 1.165) is 5.69 Å². The third kappa shape index (κ3) is 4.44. The van der Waals surface area contributed by atoms with E-state index in [-0.39, 0.29) is 0 Å². The number of nitrogens with zero attached hydrogens (tertiary/aromatic N) is 2. The zero-order valence-corrected chi connectivity index (χ0v) is 12.7. The molecule has 0 radical (unpaired) electrons. The molecule has 1 aromatic rings. The number of benzene rings is 1. The van der Waals surface area contributed by atoms with Crippen LogP contribution in [0.1, 0.15) is 5.56 Å². The van der Waals surface area contributed by atoms with Gasteiger partial charge < -0.3 is 0 Å². The van der Waals surface area contributed by atoms with Crippen LogP contribution in [0.15, 0.2) is 38.3 Å². The number of allylic oxidation sites excluding steroid dienone is 2. The topological polar surface area (TPSA) is 32.7 Å². The molecule has 17 heavy (non-hydrogen) atoms. The molecule has 0 N–H and O–H groups in total. The van der Waals surface area contributed by atoms with Gasteiger partial charge in [-0.05, 0) is 56.5 Å². The van der Waals surface area contributed by atoms with Crippen molar-refractivity contribution in [3.63, 3.8) is 0 Å². The first kappa shape index (κ1) is 14.1. The van der Waals surface area contributed by atoms with Gasteiger partial charge in [0.25, 0.3) is 0 Å². The lowest BCUT2D eigenvalue weighted by atomic mass is 10.2. The van der Waals surface area contributed by atoms with Crippen LogP contribution >= 0.6 is 31.9 Å². The van der Waals surface area contributed by atoms with Gasteiger partial charge in [0.05, 0.1) is 20.9 Å². The third-order valence-electron chi connectivity index (χ3n) is 2.05. The first-order valence-electron chi connectivity index (χ1n) is 4.89. The number of carbonyl (C=O) groups is 1. The Hall–Kier alpha value is -0.940. The number of rotatable bonds is 4. The molecule has 0 unspecified atom stereocenters. The summed E-state index contributed by atoms with van der Waals surface area (Å²) in [5.41, 5.74) is 2.16. The van der Waals surface area contributed by atoms with E-state index in [1.54, 1.807) is 11.2 Å². The lowest BCUT2D eigenvalue weighted by molar-refractivity contribution is -0.104. The van der Waals surface area contributed by atoms with Crippen molar-refractivity contribution in [1.29, 1.82) is 0 Å². The van der Waals surface area contributed by atoms with Gasteiger partial charge in [0.15, 0.2) is 6.29 Å². The van der Waals surface area contributed by atoms with E-state index in [9.17, 15) is 4.79 Å². The second-order valence-electron chi connectivity index (χ2n) is 3.42. The average Bonchev–Trinajstić information content (AvgIpc) is 2.34. The lowest BCUT2D eigenvalue weighted by Gasteiger charge is -2.13. The molecule has 90 valence electrons. The van der Waals surface area contributed by atoms with Crippen molar-refractivity contribution in [2.45, 2.75) is 6.92 Å². The monoisotopic (exact) mass is 358 g/mol. The number of hydrazone groups is 1. The molecule has 0 aromatic heterocycles. The minimum atomic E-state index is 0.430. The number of carbonyl (C=O) groups excluding carboxylic acids is 1. The minimum absolute atomic E-state index is 0.430. The zero-order valence-electron chi connectivity index (χ0n) is 9.52. The highest BCUT2D eigenvalue weighted by Gasteiger charge is 1.99. The predicted molar refractivity (Wildman–Crippen MR) is 79.0 cm³/mol. The summed E-state index contributed by atoms with van der Waals surface area (Å²) < 4.78 is 1.03. The fraction of sp³-hybridized carbons (Fsp3) is 0.167. The molecular formula is C12H12Br2N2O. The maximum Gasteiger partial charge on any atom is 0.158 e. The molecule has 0 saturated carbocycles. The van der Waals surface area contributed by atoms with E-state index < -0.39 is 0 Å². The zero-order chi connectivity index (χ0) is 12.8. The predicted octanol–water partition coefficient (Wildman–Crippen LogP) is 3.62. The summed E-state index contributed by atoms with van der Waals surface area (Å²) in [5.74, 6) is 0. The van der Waals surface area contributed by atoms with Crippen LogP contribution in [0.4, 0.5) is 5.69 Å². The molecule has 0 spiro atoms. The number of halogens is 2. The van der Waals surface area contributed by atoms with Crippen LogP contribution in [-0.4, -0.2) is 19.5 Å². The number of hydrogen-bond donors (Lipinski definition) is 0. The fourth-order valence-corrected chi connectivity index (χ4v) is 1.44. The molecule has 0 aliphatic heterocycles. The largest absolute Gasteiger partial charge is 0.297 e. The summed E-state index contributed by atoms with van der Waals surface area (Å²) in [4.78, 5) is 10.5. The summed E-state index contributed by atoms with van der Waals surface area (Å²) in [6.07, 6.45) is 2.28. The maximum atomic E-state index is 10.5. The molecule has 0 saturated heterocycles. The van der Waals surface area contributed by atoms with Gasteiger partial charge in [-0.25, -0.2) is 0 Å².